The van der Waals surface area contributed by atoms with Crippen LogP contribution in [0.3, 0.4) is 0 Å². The molecule has 3 aromatic rings. The molecule has 5 nitrogen and oxygen atoms in total. The third kappa shape index (κ3) is 2.64. The summed E-state index contributed by atoms with van der Waals surface area (Å²) in [6.45, 7) is 1.90. The minimum absolute atomic E-state index is 0.0725. The highest BCUT2D eigenvalue weighted by atomic mass is 16.5. The Morgan fingerprint density at radius 1 is 1.35 bits per heavy atom. The molecule has 26 heavy (non-hydrogen) atoms. The lowest BCUT2D eigenvalue weighted by Gasteiger charge is -2.14. The maximum absolute atomic E-state index is 12.1. The average molecular weight is 346 g/mol. The van der Waals surface area contributed by atoms with E-state index >= 15 is 0 Å². The topological polar surface area (TPSA) is 76.1 Å². The van der Waals surface area contributed by atoms with E-state index in [-0.39, 0.29) is 12.4 Å². The summed E-state index contributed by atoms with van der Waals surface area (Å²) in [5.74, 6) is 0.629. The first-order chi connectivity index (χ1) is 12.6. The predicted octanol–water partition coefficient (Wildman–Crippen LogP) is 4.27. The Bertz CT molecular complexity index is 1040. The van der Waals surface area contributed by atoms with Gasteiger partial charge in [0.2, 0.25) is 0 Å². The molecule has 5 heteroatoms. The summed E-state index contributed by atoms with van der Waals surface area (Å²) in [6, 6.07) is 12.0. The number of rotatable bonds is 4. The molecule has 0 amide bonds. The zero-order valence-electron chi connectivity index (χ0n) is 14.7. The maximum atomic E-state index is 12.1. The number of benzene rings is 2. The van der Waals surface area contributed by atoms with Gasteiger partial charge in [-0.15, -0.1) is 0 Å². The van der Waals surface area contributed by atoms with Crippen molar-refractivity contribution in [1.29, 1.82) is 5.26 Å². The molecular formula is C21H18N2O3. The predicted molar refractivity (Wildman–Crippen MR) is 96.6 cm³/mol. The van der Waals surface area contributed by atoms with E-state index in [0.29, 0.717) is 28.5 Å². The second-order valence-corrected chi connectivity index (χ2v) is 6.59. The van der Waals surface area contributed by atoms with Gasteiger partial charge < -0.3 is 9.15 Å². The van der Waals surface area contributed by atoms with Gasteiger partial charge in [-0.25, -0.2) is 4.98 Å². The maximum Gasteiger partial charge on any atom is 0.310 e. The van der Waals surface area contributed by atoms with E-state index < -0.39 is 0 Å². The molecule has 0 bridgehead atoms. The van der Waals surface area contributed by atoms with Gasteiger partial charge in [-0.3, -0.25) is 4.79 Å². The van der Waals surface area contributed by atoms with E-state index in [2.05, 4.69) is 11.1 Å². The van der Waals surface area contributed by atoms with E-state index in [0.717, 1.165) is 35.1 Å². The second kappa shape index (κ2) is 6.30. The molecule has 0 saturated heterocycles. The number of carbonyl (C=O) groups is 1. The third-order valence-electron chi connectivity index (χ3n) is 4.86. The molecule has 0 N–H and O–H groups in total. The van der Waals surface area contributed by atoms with Crippen molar-refractivity contribution in [1.82, 2.24) is 4.98 Å². The normalized spacial score (nSPS) is 13.6. The van der Waals surface area contributed by atoms with Gasteiger partial charge in [0.05, 0.1) is 19.1 Å². The molecule has 1 saturated carbocycles. The molecule has 2 aromatic carbocycles. The van der Waals surface area contributed by atoms with Crippen LogP contribution in [0, 0.1) is 18.3 Å². The number of methoxy groups -OCH3 is 1. The number of esters is 1. The van der Waals surface area contributed by atoms with Crippen LogP contribution in [0.5, 0.6) is 0 Å². The van der Waals surface area contributed by atoms with Crippen molar-refractivity contribution in [3.63, 3.8) is 0 Å². The summed E-state index contributed by atoms with van der Waals surface area (Å²) in [5.41, 5.74) is 4.90. The van der Waals surface area contributed by atoms with Crippen LogP contribution in [-0.4, -0.2) is 18.1 Å². The van der Waals surface area contributed by atoms with Gasteiger partial charge in [-0.05, 0) is 36.5 Å². The van der Waals surface area contributed by atoms with E-state index in [1.54, 1.807) is 0 Å². The number of carbonyl (C=O) groups excluding carboxylic acids is 1. The number of nitrogens with zero attached hydrogens (tertiary/aromatic N) is 2. The second-order valence-electron chi connectivity index (χ2n) is 6.59. The molecule has 0 aliphatic heterocycles. The number of nitriles is 1. The fourth-order valence-corrected chi connectivity index (χ4v) is 3.38. The van der Waals surface area contributed by atoms with Crippen LogP contribution in [-0.2, 0) is 16.0 Å². The average Bonchev–Trinajstić information content (AvgIpc) is 3.42. The summed E-state index contributed by atoms with van der Waals surface area (Å²) in [7, 11) is 1.37. The molecule has 1 aliphatic rings. The van der Waals surface area contributed by atoms with Crippen LogP contribution < -0.4 is 0 Å². The number of aromatic nitrogens is 1. The van der Waals surface area contributed by atoms with Crippen LogP contribution >= 0.6 is 0 Å². The van der Waals surface area contributed by atoms with Crippen molar-refractivity contribution in [3.8, 4) is 17.2 Å². The van der Waals surface area contributed by atoms with Crippen LogP contribution in [0.25, 0.3) is 22.2 Å². The fraction of sp³-hybridized carbons (Fsp3) is 0.286. The largest absolute Gasteiger partial charge is 0.469 e. The number of hydrogen-bond donors (Lipinski definition) is 0. The standard InChI is InChI=1S/C21H18N2O3/c1-12-16(11-22)19-20(26-21(23-19)14-8-9-14)15(10-17(24)25-2)18(12)13-6-4-3-5-7-13/h3-7,14H,8-10H2,1-2H3. The highest BCUT2D eigenvalue weighted by Gasteiger charge is 2.31. The fourth-order valence-electron chi connectivity index (χ4n) is 3.38. The van der Waals surface area contributed by atoms with Gasteiger partial charge in [0.25, 0.3) is 0 Å². The van der Waals surface area contributed by atoms with E-state index in [1.807, 2.05) is 37.3 Å². The zero-order chi connectivity index (χ0) is 18.3. The monoisotopic (exact) mass is 346 g/mol. The molecule has 0 radical (unpaired) electrons. The van der Waals surface area contributed by atoms with Gasteiger partial charge in [-0.1, -0.05) is 30.3 Å². The lowest BCUT2D eigenvalue weighted by atomic mass is 9.89. The van der Waals surface area contributed by atoms with Crippen LogP contribution in [0.1, 0.15) is 41.3 Å². The molecule has 1 fully saturated rings. The summed E-state index contributed by atoms with van der Waals surface area (Å²) < 4.78 is 10.9. The molecule has 0 atom stereocenters. The quantitative estimate of drug-likeness (QED) is 0.660. The Balaban J connectivity index is 2.06. The van der Waals surface area contributed by atoms with E-state index in [9.17, 15) is 10.1 Å². The van der Waals surface area contributed by atoms with Gasteiger partial charge in [0, 0.05) is 11.5 Å². The molecule has 1 aromatic heterocycles. The molecule has 1 aliphatic carbocycles. The molecular weight excluding hydrogens is 328 g/mol. The molecule has 130 valence electrons. The van der Waals surface area contributed by atoms with Gasteiger partial charge in [0.1, 0.15) is 11.6 Å². The highest BCUT2D eigenvalue weighted by Crippen LogP contribution is 2.43. The van der Waals surface area contributed by atoms with E-state index in [1.165, 1.54) is 7.11 Å². The molecule has 1 heterocycles. The lowest BCUT2D eigenvalue weighted by molar-refractivity contribution is -0.139. The number of fused-ring (bicyclic) bond motifs is 1. The van der Waals surface area contributed by atoms with Crippen molar-refractivity contribution in [3.05, 3.63) is 52.9 Å². The van der Waals surface area contributed by atoms with Crippen molar-refractivity contribution in [2.45, 2.75) is 32.1 Å². The first kappa shape index (κ1) is 16.3. The van der Waals surface area contributed by atoms with Crippen LogP contribution in [0.4, 0.5) is 0 Å². The minimum Gasteiger partial charge on any atom is -0.469 e. The van der Waals surface area contributed by atoms with Crippen LogP contribution in [0.2, 0.25) is 0 Å². The number of ether oxygens (including phenoxy) is 1. The smallest absolute Gasteiger partial charge is 0.310 e. The summed E-state index contributed by atoms with van der Waals surface area (Å²) in [4.78, 5) is 16.7. The van der Waals surface area contributed by atoms with Gasteiger partial charge in [-0.2, -0.15) is 5.26 Å². The SMILES string of the molecule is COC(=O)Cc1c(-c2ccccc2)c(C)c(C#N)c2nc(C3CC3)oc12. The number of oxazole rings is 1. The Kier molecular flexibility index (Phi) is 3.96. The Morgan fingerprint density at radius 2 is 2.08 bits per heavy atom. The summed E-state index contributed by atoms with van der Waals surface area (Å²) in [5, 5.41) is 9.75. The first-order valence-electron chi connectivity index (χ1n) is 8.62. The van der Waals surface area contributed by atoms with Crippen molar-refractivity contribution in [2.24, 2.45) is 0 Å². The molecule has 4 rings (SSSR count). The van der Waals surface area contributed by atoms with E-state index in [4.69, 9.17) is 9.15 Å². The first-order valence-corrected chi connectivity index (χ1v) is 8.62. The third-order valence-corrected chi connectivity index (χ3v) is 4.86. The molecule has 0 unspecified atom stereocenters. The Morgan fingerprint density at radius 3 is 2.69 bits per heavy atom. The van der Waals surface area contributed by atoms with Crippen molar-refractivity contribution in [2.75, 3.05) is 7.11 Å². The van der Waals surface area contributed by atoms with Gasteiger partial charge in [0.15, 0.2) is 11.5 Å². The summed E-state index contributed by atoms with van der Waals surface area (Å²) in [6.07, 6.45) is 2.17. The summed E-state index contributed by atoms with van der Waals surface area (Å²) >= 11 is 0. The lowest BCUT2D eigenvalue weighted by Crippen LogP contribution is -2.08. The molecule has 0 spiro atoms. The highest BCUT2D eigenvalue weighted by molar-refractivity contribution is 5.95. The number of hydrogen-bond acceptors (Lipinski definition) is 5. The Labute approximate surface area is 151 Å². The van der Waals surface area contributed by atoms with Crippen molar-refractivity contribution < 1.29 is 13.9 Å². The van der Waals surface area contributed by atoms with Crippen molar-refractivity contribution >= 4 is 17.1 Å². The van der Waals surface area contributed by atoms with Gasteiger partial charge >= 0.3 is 5.97 Å². The minimum atomic E-state index is -0.350. The van der Waals surface area contributed by atoms with Crippen LogP contribution in [0.15, 0.2) is 34.7 Å². The zero-order valence-corrected chi connectivity index (χ0v) is 14.7. The Hall–Kier alpha value is -3.13.